The Morgan fingerprint density at radius 1 is 1.54 bits per heavy atom. The van der Waals surface area contributed by atoms with Gasteiger partial charge in [0, 0.05) is 6.92 Å². The molecular weight excluding hydrogens is 186 g/mol. The summed E-state index contributed by atoms with van der Waals surface area (Å²) in [6, 6.07) is -0.188. The van der Waals surface area contributed by atoms with E-state index in [1.54, 1.807) is 20.8 Å². The van der Waals surface area contributed by atoms with Crippen molar-refractivity contribution >= 4 is 9.84 Å². The number of rotatable bonds is 1. The first kappa shape index (κ1) is 10.5. The highest BCUT2D eigenvalue weighted by Crippen LogP contribution is 2.39. The second kappa shape index (κ2) is 2.98. The van der Waals surface area contributed by atoms with Crippen LogP contribution in [0.15, 0.2) is 0 Å². The van der Waals surface area contributed by atoms with Crippen molar-refractivity contribution in [1.82, 2.24) is 0 Å². The Labute approximate surface area is 79.9 Å². The van der Waals surface area contributed by atoms with Gasteiger partial charge in [0.05, 0.1) is 16.4 Å². The minimum absolute atomic E-state index is 0.00463. The van der Waals surface area contributed by atoms with Crippen molar-refractivity contribution in [2.75, 3.05) is 5.75 Å². The molecule has 0 spiro atoms. The topological polar surface area (TPSA) is 38.5 Å². The van der Waals surface area contributed by atoms with Gasteiger partial charge >= 0.3 is 0 Å². The molecule has 0 radical (unpaired) electrons. The van der Waals surface area contributed by atoms with Gasteiger partial charge in [-0.05, 0) is 20.3 Å². The lowest BCUT2D eigenvalue weighted by atomic mass is 9.87. The van der Waals surface area contributed by atoms with Gasteiger partial charge in [-0.1, -0.05) is 0 Å². The van der Waals surface area contributed by atoms with Gasteiger partial charge in [0.2, 0.25) is 6.04 Å². The highest BCUT2D eigenvalue weighted by atomic mass is 32.2. The van der Waals surface area contributed by atoms with Gasteiger partial charge < -0.3 is 4.85 Å². The van der Waals surface area contributed by atoms with Crippen LogP contribution in [-0.4, -0.2) is 25.0 Å². The predicted octanol–water partition coefficient (Wildman–Crippen LogP) is 1.51. The van der Waals surface area contributed by atoms with Gasteiger partial charge in [-0.2, -0.15) is 0 Å². The summed E-state index contributed by atoms with van der Waals surface area (Å²) in [4.78, 5) is 3.42. The van der Waals surface area contributed by atoms with Crippen LogP contribution >= 0.6 is 0 Å². The molecule has 1 saturated heterocycles. The Kier molecular flexibility index (Phi) is 2.42. The average Bonchev–Trinajstić information content (AvgIpc) is 2.22. The van der Waals surface area contributed by atoms with Gasteiger partial charge in [0.15, 0.2) is 9.84 Å². The van der Waals surface area contributed by atoms with E-state index >= 15 is 0 Å². The van der Waals surface area contributed by atoms with Crippen LogP contribution in [0.4, 0.5) is 0 Å². The summed E-state index contributed by atoms with van der Waals surface area (Å²) in [5.74, 6) is 0.236. The van der Waals surface area contributed by atoms with Crippen molar-refractivity contribution < 1.29 is 8.42 Å². The second-order valence-electron chi connectivity index (χ2n) is 4.19. The minimum atomic E-state index is -2.97. The first-order chi connectivity index (χ1) is 5.83. The van der Waals surface area contributed by atoms with Crippen LogP contribution in [0.1, 0.15) is 27.2 Å². The van der Waals surface area contributed by atoms with E-state index in [0.29, 0.717) is 6.42 Å². The monoisotopic (exact) mass is 201 g/mol. The molecule has 1 aliphatic heterocycles. The summed E-state index contributed by atoms with van der Waals surface area (Å²) in [7, 11) is -2.97. The maximum Gasteiger partial charge on any atom is 0.225 e. The molecular formula is C9H15NO2S. The lowest BCUT2D eigenvalue weighted by molar-refractivity contribution is 0.393. The van der Waals surface area contributed by atoms with Crippen molar-refractivity contribution in [2.24, 2.45) is 5.92 Å². The van der Waals surface area contributed by atoms with Crippen molar-refractivity contribution in [1.29, 1.82) is 0 Å². The average molecular weight is 201 g/mol. The third-order valence-corrected chi connectivity index (χ3v) is 5.86. The van der Waals surface area contributed by atoms with Crippen LogP contribution in [0.3, 0.4) is 0 Å². The Hall–Kier alpha value is -0.560. The molecule has 1 heterocycles. The minimum Gasteiger partial charge on any atom is -0.314 e. The van der Waals surface area contributed by atoms with Crippen molar-refractivity contribution in [2.45, 2.75) is 38.0 Å². The summed E-state index contributed by atoms with van der Waals surface area (Å²) < 4.78 is 22.5. The normalized spacial score (nSPS) is 32.3. The van der Waals surface area contributed by atoms with Gasteiger partial charge in [0.1, 0.15) is 0 Å². The van der Waals surface area contributed by atoms with E-state index in [1.807, 2.05) is 0 Å². The molecule has 0 aromatic carbocycles. The molecule has 2 unspecified atom stereocenters. The van der Waals surface area contributed by atoms with Crippen molar-refractivity contribution in [3.8, 4) is 0 Å². The number of nitrogens with zero attached hydrogens (tertiary/aromatic N) is 1. The smallest absolute Gasteiger partial charge is 0.225 e. The molecule has 0 bridgehead atoms. The van der Waals surface area contributed by atoms with Crippen molar-refractivity contribution in [3.05, 3.63) is 11.4 Å². The van der Waals surface area contributed by atoms with E-state index in [-0.39, 0.29) is 17.7 Å². The third-order valence-electron chi connectivity index (χ3n) is 3.18. The fourth-order valence-corrected chi connectivity index (χ4v) is 3.90. The zero-order chi connectivity index (χ0) is 10.3. The Bertz CT molecular complexity index is 337. The molecule has 0 N–H and O–H groups in total. The summed E-state index contributed by atoms with van der Waals surface area (Å²) in [6.45, 7) is 12.2. The zero-order valence-corrected chi connectivity index (χ0v) is 9.06. The van der Waals surface area contributed by atoms with Crippen LogP contribution in [0.25, 0.3) is 4.85 Å². The highest BCUT2D eigenvalue weighted by Gasteiger charge is 2.51. The largest absolute Gasteiger partial charge is 0.314 e. The Morgan fingerprint density at radius 2 is 2.08 bits per heavy atom. The summed E-state index contributed by atoms with van der Waals surface area (Å²) in [5.41, 5.74) is 0. The SMILES string of the molecule is [C-]#[N+]C(C)C1CCS(=O)(=O)C1(C)C. The quantitative estimate of drug-likeness (QED) is 0.603. The fourth-order valence-electron chi connectivity index (χ4n) is 2.04. The molecule has 3 nitrogen and oxygen atoms in total. The van der Waals surface area contributed by atoms with Crippen LogP contribution < -0.4 is 0 Å². The van der Waals surface area contributed by atoms with E-state index in [2.05, 4.69) is 4.85 Å². The number of sulfone groups is 1. The lowest BCUT2D eigenvalue weighted by Crippen LogP contribution is -2.37. The van der Waals surface area contributed by atoms with Crippen LogP contribution in [-0.2, 0) is 9.84 Å². The van der Waals surface area contributed by atoms with Gasteiger partial charge in [-0.3, -0.25) is 0 Å². The molecule has 0 aromatic rings. The Balaban J connectivity index is 3.04. The van der Waals surface area contributed by atoms with E-state index in [9.17, 15) is 8.42 Å². The molecule has 13 heavy (non-hydrogen) atoms. The van der Waals surface area contributed by atoms with E-state index in [4.69, 9.17) is 6.57 Å². The molecule has 0 saturated carbocycles. The second-order valence-corrected chi connectivity index (χ2v) is 6.88. The summed E-state index contributed by atoms with van der Waals surface area (Å²) >= 11 is 0. The standard InChI is InChI=1S/C9H15NO2S/c1-7(10-4)8-5-6-13(11,12)9(8,2)3/h7-8H,5-6H2,1-3H3. The lowest BCUT2D eigenvalue weighted by Gasteiger charge is -2.24. The van der Waals surface area contributed by atoms with Crippen LogP contribution in [0.5, 0.6) is 0 Å². The zero-order valence-electron chi connectivity index (χ0n) is 8.24. The first-order valence-electron chi connectivity index (χ1n) is 4.42. The predicted molar refractivity (Wildman–Crippen MR) is 52.0 cm³/mol. The molecule has 74 valence electrons. The molecule has 0 amide bonds. The number of hydrogen-bond donors (Lipinski definition) is 0. The molecule has 1 aliphatic rings. The molecule has 4 heteroatoms. The van der Waals surface area contributed by atoms with Gasteiger partial charge in [0.25, 0.3) is 0 Å². The molecule has 1 rings (SSSR count). The maximum atomic E-state index is 11.6. The van der Waals surface area contributed by atoms with Gasteiger partial charge in [-0.15, -0.1) is 0 Å². The number of hydrogen-bond acceptors (Lipinski definition) is 2. The van der Waals surface area contributed by atoms with E-state index in [1.165, 1.54) is 0 Å². The molecule has 2 atom stereocenters. The van der Waals surface area contributed by atoms with E-state index < -0.39 is 14.6 Å². The summed E-state index contributed by atoms with van der Waals surface area (Å²) in [6.07, 6.45) is 0.638. The third kappa shape index (κ3) is 1.46. The first-order valence-corrected chi connectivity index (χ1v) is 6.07. The molecule has 0 aromatic heterocycles. The Morgan fingerprint density at radius 3 is 2.38 bits per heavy atom. The highest BCUT2D eigenvalue weighted by molar-refractivity contribution is 7.93. The summed E-state index contributed by atoms with van der Waals surface area (Å²) in [5, 5.41) is 0. The maximum absolute atomic E-state index is 11.6. The molecule has 0 aliphatic carbocycles. The van der Waals surface area contributed by atoms with Gasteiger partial charge in [-0.25, -0.2) is 15.0 Å². The van der Waals surface area contributed by atoms with Crippen LogP contribution in [0.2, 0.25) is 0 Å². The molecule has 1 fully saturated rings. The van der Waals surface area contributed by atoms with Crippen molar-refractivity contribution in [3.63, 3.8) is 0 Å². The fraction of sp³-hybridized carbons (Fsp3) is 0.889. The van der Waals surface area contributed by atoms with Crippen LogP contribution in [0, 0.1) is 12.5 Å². The van der Waals surface area contributed by atoms with E-state index in [0.717, 1.165) is 0 Å².